The number of carbonyl (C=O) groups excluding carboxylic acids is 1. The van der Waals surface area contributed by atoms with Crippen molar-refractivity contribution in [1.29, 1.82) is 0 Å². The molecule has 0 aromatic carbocycles. The van der Waals surface area contributed by atoms with Crippen molar-refractivity contribution in [3.63, 3.8) is 0 Å². The molecule has 0 radical (unpaired) electrons. The van der Waals surface area contributed by atoms with Crippen LogP contribution in [0.25, 0.3) is 0 Å². The molecule has 0 atom stereocenters. The summed E-state index contributed by atoms with van der Waals surface area (Å²) < 4.78 is 34.8. The van der Waals surface area contributed by atoms with E-state index in [4.69, 9.17) is 4.55 Å². The first-order valence-electron chi connectivity index (χ1n) is 3.19. The monoisotopic (exact) mass is 229 g/mol. The number of methoxy groups -OCH3 is 1. The summed E-state index contributed by atoms with van der Waals surface area (Å²) in [5, 5.41) is 0. The predicted octanol–water partition coefficient (Wildman–Crippen LogP) is 0.333. The van der Waals surface area contributed by atoms with E-state index in [0.29, 0.717) is 0 Å². The van der Waals surface area contributed by atoms with Gasteiger partial charge in [0.15, 0.2) is 0 Å². The maximum Gasteiger partial charge on any atom is 0.397 e. The Balaban J connectivity index is -0.000000163. The molecule has 8 heteroatoms. The Morgan fingerprint density at radius 2 is 2.00 bits per heavy atom. The Morgan fingerprint density at radius 3 is 2.00 bits per heavy atom. The standard InChI is InChI=1S/C4H6O2.C2H6O4S.H3N/c1-3-4(5)6-2;1-2-6-7(3,4)5;/h3H,1H2,2H3;2H2,1H3,(H,3,4,5);1H3. The van der Waals surface area contributed by atoms with Gasteiger partial charge in [-0.2, -0.15) is 8.42 Å². The molecule has 0 aromatic rings. The highest BCUT2D eigenvalue weighted by Gasteiger charge is 1.98. The minimum atomic E-state index is -4.17. The predicted molar refractivity (Wildman–Crippen MR) is 50.4 cm³/mol. The van der Waals surface area contributed by atoms with Crippen LogP contribution in [0.3, 0.4) is 0 Å². The average molecular weight is 229 g/mol. The van der Waals surface area contributed by atoms with Gasteiger partial charge in [-0.25, -0.2) is 8.98 Å². The van der Waals surface area contributed by atoms with E-state index in [1.165, 1.54) is 14.0 Å². The summed E-state index contributed by atoms with van der Waals surface area (Å²) in [7, 11) is -2.86. The van der Waals surface area contributed by atoms with Crippen molar-refractivity contribution in [3.05, 3.63) is 12.7 Å². The molecule has 14 heavy (non-hydrogen) atoms. The van der Waals surface area contributed by atoms with Crippen LogP contribution in [0.15, 0.2) is 12.7 Å². The molecular weight excluding hydrogens is 214 g/mol. The molecule has 0 aliphatic rings. The van der Waals surface area contributed by atoms with Gasteiger partial charge in [-0.05, 0) is 6.92 Å². The smallest absolute Gasteiger partial charge is 0.397 e. The van der Waals surface area contributed by atoms with Crippen LogP contribution in [0, 0.1) is 0 Å². The fourth-order valence-corrected chi connectivity index (χ4v) is 0.530. The summed E-state index contributed by atoms with van der Waals surface area (Å²) in [5.41, 5.74) is 0. The number of rotatable bonds is 3. The fraction of sp³-hybridized carbons (Fsp3) is 0.500. The second-order valence-corrected chi connectivity index (χ2v) is 2.65. The molecule has 0 heterocycles. The number of hydrogen-bond acceptors (Lipinski definition) is 6. The number of esters is 1. The second kappa shape index (κ2) is 10.1. The van der Waals surface area contributed by atoms with Crippen LogP contribution in [0.4, 0.5) is 0 Å². The average Bonchev–Trinajstić information content (AvgIpc) is 2.02. The minimum Gasteiger partial charge on any atom is -0.466 e. The molecule has 0 aliphatic heterocycles. The minimum absolute atomic E-state index is 0. The first kappa shape index (κ1) is 18.8. The summed E-state index contributed by atoms with van der Waals surface area (Å²) in [4.78, 5) is 9.84. The quantitative estimate of drug-likeness (QED) is 0.406. The van der Waals surface area contributed by atoms with Gasteiger partial charge >= 0.3 is 16.4 Å². The lowest BCUT2D eigenvalue weighted by Gasteiger charge is -1.88. The molecular formula is C6H15NO6S. The first-order valence-corrected chi connectivity index (χ1v) is 4.56. The third-order valence-corrected chi connectivity index (χ3v) is 1.17. The molecule has 0 unspecified atom stereocenters. The summed E-state index contributed by atoms with van der Waals surface area (Å²) in [6.45, 7) is 4.59. The molecule has 0 spiro atoms. The molecule has 0 fully saturated rings. The van der Waals surface area contributed by atoms with Gasteiger partial charge in [0.05, 0.1) is 13.7 Å². The zero-order chi connectivity index (χ0) is 10.9. The molecule has 0 rings (SSSR count). The molecule has 0 saturated carbocycles. The van der Waals surface area contributed by atoms with Gasteiger partial charge in [-0.15, -0.1) is 0 Å². The van der Waals surface area contributed by atoms with Crippen molar-refractivity contribution in [2.75, 3.05) is 13.7 Å². The van der Waals surface area contributed by atoms with Gasteiger partial charge < -0.3 is 10.9 Å². The van der Waals surface area contributed by atoms with Crippen molar-refractivity contribution >= 4 is 16.4 Å². The Labute approximate surface area is 83.2 Å². The fourth-order valence-electron chi connectivity index (χ4n) is 0.232. The van der Waals surface area contributed by atoms with Crippen LogP contribution in [0.5, 0.6) is 0 Å². The lowest BCUT2D eigenvalue weighted by atomic mass is 10.7. The number of hydrogen-bond donors (Lipinski definition) is 2. The van der Waals surface area contributed by atoms with E-state index in [1.54, 1.807) is 0 Å². The summed E-state index contributed by atoms with van der Waals surface area (Å²) >= 11 is 0. The normalized spacial score (nSPS) is 8.79. The van der Waals surface area contributed by atoms with Crippen molar-refractivity contribution in [3.8, 4) is 0 Å². The van der Waals surface area contributed by atoms with Crippen molar-refractivity contribution in [2.45, 2.75) is 6.92 Å². The van der Waals surface area contributed by atoms with Crippen LogP contribution in [0.1, 0.15) is 6.92 Å². The molecule has 0 aliphatic carbocycles. The Morgan fingerprint density at radius 1 is 1.57 bits per heavy atom. The maximum absolute atomic E-state index is 9.84. The van der Waals surface area contributed by atoms with Crippen LogP contribution in [0.2, 0.25) is 0 Å². The lowest BCUT2D eigenvalue weighted by Crippen LogP contribution is -2.01. The summed E-state index contributed by atoms with van der Waals surface area (Å²) in [5.74, 6) is -0.394. The molecule has 86 valence electrons. The van der Waals surface area contributed by atoms with Gasteiger partial charge in [0.2, 0.25) is 0 Å². The van der Waals surface area contributed by atoms with Crippen molar-refractivity contribution in [2.24, 2.45) is 0 Å². The lowest BCUT2D eigenvalue weighted by molar-refractivity contribution is -0.134. The summed E-state index contributed by atoms with van der Waals surface area (Å²) in [6, 6.07) is 0. The van der Waals surface area contributed by atoms with E-state index in [9.17, 15) is 13.2 Å². The third-order valence-electron chi connectivity index (χ3n) is 0.635. The Bertz CT molecular complexity index is 247. The molecule has 0 saturated heterocycles. The van der Waals surface area contributed by atoms with Gasteiger partial charge in [0.25, 0.3) is 0 Å². The third kappa shape index (κ3) is 22.5. The topological polar surface area (TPSA) is 125 Å². The van der Waals surface area contributed by atoms with Gasteiger partial charge in [0, 0.05) is 6.08 Å². The molecule has 0 bridgehead atoms. The van der Waals surface area contributed by atoms with Crippen molar-refractivity contribution < 1.29 is 26.7 Å². The zero-order valence-corrected chi connectivity index (χ0v) is 8.91. The highest BCUT2D eigenvalue weighted by atomic mass is 32.3. The number of ether oxygens (including phenoxy) is 1. The van der Waals surface area contributed by atoms with Crippen molar-refractivity contribution in [1.82, 2.24) is 6.15 Å². The molecule has 7 nitrogen and oxygen atoms in total. The zero-order valence-electron chi connectivity index (χ0n) is 8.10. The number of carbonyl (C=O) groups is 1. The highest BCUT2D eigenvalue weighted by Crippen LogP contribution is 1.81. The van der Waals surface area contributed by atoms with E-state index >= 15 is 0 Å². The van der Waals surface area contributed by atoms with Gasteiger partial charge in [-0.1, -0.05) is 6.58 Å². The van der Waals surface area contributed by atoms with Crippen LogP contribution in [-0.4, -0.2) is 32.7 Å². The van der Waals surface area contributed by atoms with Gasteiger partial charge in [0.1, 0.15) is 0 Å². The van der Waals surface area contributed by atoms with E-state index in [1.807, 2.05) is 0 Å². The second-order valence-electron chi connectivity index (χ2n) is 1.56. The molecule has 0 aromatic heterocycles. The van der Waals surface area contributed by atoms with Gasteiger partial charge in [-0.3, -0.25) is 4.55 Å². The first-order chi connectivity index (χ1) is 5.87. The highest BCUT2D eigenvalue weighted by molar-refractivity contribution is 7.80. The van der Waals surface area contributed by atoms with E-state index in [0.717, 1.165) is 6.08 Å². The van der Waals surface area contributed by atoms with Crippen LogP contribution < -0.4 is 6.15 Å². The van der Waals surface area contributed by atoms with E-state index < -0.39 is 16.4 Å². The molecule has 0 amide bonds. The summed E-state index contributed by atoms with van der Waals surface area (Å²) in [6.07, 6.45) is 1.11. The van der Waals surface area contributed by atoms with Crippen LogP contribution >= 0.6 is 0 Å². The largest absolute Gasteiger partial charge is 0.466 e. The van der Waals surface area contributed by atoms with Crippen LogP contribution in [-0.2, 0) is 24.1 Å². The van der Waals surface area contributed by atoms with E-state index in [2.05, 4.69) is 15.5 Å². The SMILES string of the molecule is C=CC(=O)OC.CCOS(=O)(=O)O.N. The van der Waals surface area contributed by atoms with E-state index in [-0.39, 0.29) is 12.8 Å². The molecule has 4 N–H and O–H groups in total. The maximum atomic E-state index is 9.84. The Kier molecular flexibility index (Phi) is 13.6. The Hall–Kier alpha value is -0.960.